The maximum atomic E-state index is 5.52. The molecule has 2 aromatic rings. The van der Waals surface area contributed by atoms with Crippen molar-refractivity contribution in [2.24, 2.45) is 0 Å². The first-order valence-corrected chi connectivity index (χ1v) is 7.22. The Balaban J connectivity index is 1.83. The number of nitrogens with zero attached hydrogens (tertiary/aromatic N) is 1. The lowest BCUT2D eigenvalue weighted by Crippen LogP contribution is -2.16. The van der Waals surface area contributed by atoms with E-state index < -0.39 is 0 Å². The molecule has 1 aromatic heterocycles. The quantitative estimate of drug-likeness (QED) is 0.758. The number of nitrogens with one attached hydrogen (secondary N) is 1. The van der Waals surface area contributed by atoms with E-state index in [1.165, 1.54) is 11.1 Å². The van der Waals surface area contributed by atoms with Crippen molar-refractivity contribution < 1.29 is 9.47 Å². The van der Waals surface area contributed by atoms with Crippen molar-refractivity contribution in [3.8, 4) is 11.5 Å². The largest absolute Gasteiger partial charge is 0.493 e. The van der Waals surface area contributed by atoms with Crippen LogP contribution < -0.4 is 14.8 Å². The Bertz CT molecular complexity index is 544. The van der Waals surface area contributed by atoms with Gasteiger partial charge in [0.05, 0.1) is 13.7 Å². The zero-order valence-corrected chi connectivity index (χ0v) is 12.6. The fraction of sp³-hybridized carbons (Fsp3) is 0.353. The second-order valence-corrected chi connectivity index (χ2v) is 4.70. The van der Waals surface area contributed by atoms with Gasteiger partial charge in [0.2, 0.25) is 0 Å². The van der Waals surface area contributed by atoms with Gasteiger partial charge in [0, 0.05) is 18.9 Å². The Morgan fingerprint density at radius 3 is 2.57 bits per heavy atom. The highest BCUT2D eigenvalue weighted by Crippen LogP contribution is 2.27. The molecule has 0 unspecified atom stereocenters. The molecule has 0 aliphatic heterocycles. The second kappa shape index (κ2) is 8.27. The third kappa shape index (κ3) is 4.76. The zero-order valence-electron chi connectivity index (χ0n) is 12.6. The van der Waals surface area contributed by atoms with Gasteiger partial charge < -0.3 is 14.8 Å². The first-order valence-electron chi connectivity index (χ1n) is 7.22. The van der Waals surface area contributed by atoms with E-state index in [1.807, 2.05) is 43.6 Å². The van der Waals surface area contributed by atoms with Gasteiger partial charge in [-0.1, -0.05) is 6.07 Å². The maximum Gasteiger partial charge on any atom is 0.161 e. The zero-order chi connectivity index (χ0) is 14.9. The first kappa shape index (κ1) is 15.3. The molecule has 0 atom stereocenters. The van der Waals surface area contributed by atoms with Gasteiger partial charge in [-0.05, 0) is 55.3 Å². The lowest BCUT2D eigenvalue weighted by molar-refractivity contribution is 0.310. The molecule has 1 N–H and O–H groups in total. The molecular formula is C17H22N2O2. The molecule has 0 saturated carbocycles. The minimum atomic E-state index is 0.639. The fourth-order valence-corrected chi connectivity index (χ4v) is 2.11. The average molecular weight is 286 g/mol. The summed E-state index contributed by atoms with van der Waals surface area (Å²) in [6.07, 6.45) is 4.65. The van der Waals surface area contributed by atoms with Crippen LogP contribution in [-0.2, 0) is 13.0 Å². The van der Waals surface area contributed by atoms with Gasteiger partial charge in [-0.3, -0.25) is 4.98 Å². The maximum absolute atomic E-state index is 5.52. The number of rotatable bonds is 8. The summed E-state index contributed by atoms with van der Waals surface area (Å²) >= 11 is 0. The SMILES string of the molecule is CCOc1ccc(CNCCc2ccncc2)cc1OC. The molecule has 4 heteroatoms. The van der Waals surface area contributed by atoms with Crippen LogP contribution in [0.2, 0.25) is 0 Å². The third-order valence-corrected chi connectivity index (χ3v) is 3.20. The summed E-state index contributed by atoms with van der Waals surface area (Å²) in [6, 6.07) is 10.1. The summed E-state index contributed by atoms with van der Waals surface area (Å²) in [4.78, 5) is 4.02. The van der Waals surface area contributed by atoms with E-state index in [2.05, 4.69) is 16.4 Å². The number of methoxy groups -OCH3 is 1. The third-order valence-electron chi connectivity index (χ3n) is 3.20. The van der Waals surface area contributed by atoms with Crippen LogP contribution in [0.4, 0.5) is 0 Å². The van der Waals surface area contributed by atoms with E-state index >= 15 is 0 Å². The van der Waals surface area contributed by atoms with Crippen LogP contribution in [0.5, 0.6) is 11.5 Å². The molecule has 0 bridgehead atoms. The molecule has 0 spiro atoms. The van der Waals surface area contributed by atoms with E-state index in [9.17, 15) is 0 Å². The summed E-state index contributed by atoms with van der Waals surface area (Å²) in [6.45, 7) is 4.35. The van der Waals surface area contributed by atoms with Gasteiger partial charge in [0.1, 0.15) is 0 Å². The smallest absolute Gasteiger partial charge is 0.161 e. The summed E-state index contributed by atoms with van der Waals surface area (Å²) in [7, 11) is 1.67. The van der Waals surface area contributed by atoms with Crippen LogP contribution in [0, 0.1) is 0 Å². The molecule has 0 aliphatic carbocycles. The number of benzene rings is 1. The second-order valence-electron chi connectivity index (χ2n) is 4.70. The molecule has 1 heterocycles. The number of aromatic nitrogens is 1. The summed E-state index contributed by atoms with van der Waals surface area (Å²) in [5, 5.41) is 3.44. The number of ether oxygens (including phenoxy) is 2. The Morgan fingerprint density at radius 1 is 1.05 bits per heavy atom. The van der Waals surface area contributed by atoms with Gasteiger partial charge >= 0.3 is 0 Å². The molecule has 0 fully saturated rings. The van der Waals surface area contributed by atoms with E-state index in [0.29, 0.717) is 6.61 Å². The number of pyridine rings is 1. The van der Waals surface area contributed by atoms with Crippen LogP contribution >= 0.6 is 0 Å². The number of hydrogen-bond acceptors (Lipinski definition) is 4. The van der Waals surface area contributed by atoms with E-state index in [0.717, 1.165) is 31.0 Å². The van der Waals surface area contributed by atoms with Gasteiger partial charge in [-0.2, -0.15) is 0 Å². The van der Waals surface area contributed by atoms with Gasteiger partial charge in [0.25, 0.3) is 0 Å². The van der Waals surface area contributed by atoms with Crippen LogP contribution in [-0.4, -0.2) is 25.2 Å². The molecule has 0 aliphatic rings. The van der Waals surface area contributed by atoms with Crippen molar-refractivity contribution in [1.29, 1.82) is 0 Å². The molecule has 2 rings (SSSR count). The monoisotopic (exact) mass is 286 g/mol. The topological polar surface area (TPSA) is 43.4 Å². The first-order chi connectivity index (χ1) is 10.3. The van der Waals surface area contributed by atoms with Crippen LogP contribution in [0.25, 0.3) is 0 Å². The number of hydrogen-bond donors (Lipinski definition) is 1. The van der Waals surface area contributed by atoms with Gasteiger partial charge in [0.15, 0.2) is 11.5 Å². The Labute approximate surface area is 126 Å². The molecule has 4 nitrogen and oxygen atoms in total. The molecule has 0 amide bonds. The minimum Gasteiger partial charge on any atom is -0.493 e. The average Bonchev–Trinajstić information content (AvgIpc) is 2.54. The Hall–Kier alpha value is -2.07. The summed E-state index contributed by atoms with van der Waals surface area (Å²) in [5.41, 5.74) is 2.48. The molecule has 0 saturated heterocycles. The van der Waals surface area contributed by atoms with Crippen LogP contribution in [0.3, 0.4) is 0 Å². The van der Waals surface area contributed by atoms with E-state index in [1.54, 1.807) is 7.11 Å². The van der Waals surface area contributed by atoms with Crippen LogP contribution in [0.1, 0.15) is 18.1 Å². The van der Waals surface area contributed by atoms with E-state index in [4.69, 9.17) is 9.47 Å². The highest BCUT2D eigenvalue weighted by molar-refractivity contribution is 5.42. The summed E-state index contributed by atoms with van der Waals surface area (Å²) in [5.74, 6) is 1.57. The van der Waals surface area contributed by atoms with E-state index in [-0.39, 0.29) is 0 Å². The van der Waals surface area contributed by atoms with Crippen molar-refractivity contribution >= 4 is 0 Å². The standard InChI is InChI=1S/C17H22N2O2/c1-3-21-16-5-4-15(12-17(16)20-2)13-19-11-8-14-6-9-18-10-7-14/h4-7,9-10,12,19H,3,8,11,13H2,1-2H3. The predicted octanol–water partition coefficient (Wildman–Crippen LogP) is 2.82. The minimum absolute atomic E-state index is 0.639. The van der Waals surface area contributed by atoms with Crippen molar-refractivity contribution in [3.63, 3.8) is 0 Å². The highest BCUT2D eigenvalue weighted by Gasteiger charge is 2.04. The van der Waals surface area contributed by atoms with Crippen molar-refractivity contribution in [3.05, 3.63) is 53.9 Å². The Morgan fingerprint density at radius 2 is 1.86 bits per heavy atom. The molecule has 112 valence electrons. The predicted molar refractivity (Wildman–Crippen MR) is 83.8 cm³/mol. The Kier molecular flexibility index (Phi) is 6.03. The lowest BCUT2D eigenvalue weighted by atomic mass is 10.2. The van der Waals surface area contributed by atoms with Crippen molar-refractivity contribution in [2.75, 3.05) is 20.3 Å². The molecule has 0 radical (unpaired) electrons. The summed E-state index contributed by atoms with van der Waals surface area (Å²) < 4.78 is 10.9. The lowest BCUT2D eigenvalue weighted by Gasteiger charge is -2.11. The highest BCUT2D eigenvalue weighted by atomic mass is 16.5. The molecule has 1 aromatic carbocycles. The molecular weight excluding hydrogens is 264 g/mol. The fourth-order valence-electron chi connectivity index (χ4n) is 2.11. The molecule has 21 heavy (non-hydrogen) atoms. The van der Waals surface area contributed by atoms with Crippen molar-refractivity contribution in [2.45, 2.75) is 19.9 Å². The van der Waals surface area contributed by atoms with Gasteiger partial charge in [-0.25, -0.2) is 0 Å². The normalized spacial score (nSPS) is 10.4. The van der Waals surface area contributed by atoms with Crippen molar-refractivity contribution in [1.82, 2.24) is 10.3 Å². The van der Waals surface area contributed by atoms with Gasteiger partial charge in [-0.15, -0.1) is 0 Å². The van der Waals surface area contributed by atoms with Crippen LogP contribution in [0.15, 0.2) is 42.7 Å².